The first-order valence-electron chi connectivity index (χ1n) is 10.5. The van der Waals surface area contributed by atoms with Gasteiger partial charge in [0.15, 0.2) is 5.58 Å². The molecule has 33 heavy (non-hydrogen) atoms. The van der Waals surface area contributed by atoms with E-state index in [1.807, 2.05) is 36.5 Å². The van der Waals surface area contributed by atoms with Crippen LogP contribution in [0.25, 0.3) is 44.4 Å². The highest BCUT2D eigenvalue weighted by Crippen LogP contribution is 2.44. The number of hydrogen-bond acceptors (Lipinski definition) is 7. The van der Waals surface area contributed by atoms with Gasteiger partial charge in [-0.2, -0.15) is 10.1 Å². The Morgan fingerprint density at radius 3 is 2.94 bits per heavy atom. The van der Waals surface area contributed by atoms with Crippen LogP contribution in [-0.2, 0) is 4.79 Å². The number of ether oxygens (including phenoxy) is 1. The molecule has 0 spiro atoms. The van der Waals surface area contributed by atoms with Crippen LogP contribution >= 0.6 is 0 Å². The number of fused-ring (bicyclic) bond motifs is 1. The normalized spacial score (nSPS) is 14.1. The lowest BCUT2D eigenvalue weighted by molar-refractivity contribution is -0.120. The third-order valence-corrected chi connectivity index (χ3v) is 5.96. The SMILES string of the molecule is C[C@H](C(N)=O)n1cc(-c2cc3c4c(c(-c5ccc6oc(N)nc6c5)[nH]c4c2)NCCO3)cn1. The summed E-state index contributed by atoms with van der Waals surface area (Å²) in [5, 5.41) is 8.77. The van der Waals surface area contributed by atoms with E-state index < -0.39 is 11.9 Å². The molecule has 0 saturated carbocycles. The van der Waals surface area contributed by atoms with Gasteiger partial charge in [0.25, 0.3) is 6.01 Å². The van der Waals surface area contributed by atoms with E-state index in [1.165, 1.54) is 0 Å². The monoisotopic (exact) mass is 443 g/mol. The number of amides is 1. The zero-order valence-corrected chi connectivity index (χ0v) is 17.8. The molecule has 0 radical (unpaired) electrons. The van der Waals surface area contributed by atoms with Crippen LogP contribution in [0.1, 0.15) is 13.0 Å². The van der Waals surface area contributed by atoms with Crippen molar-refractivity contribution in [2.75, 3.05) is 24.2 Å². The maximum absolute atomic E-state index is 11.5. The van der Waals surface area contributed by atoms with Gasteiger partial charge in [-0.05, 0) is 42.8 Å². The number of nitrogens with two attached hydrogens (primary N) is 2. The summed E-state index contributed by atoms with van der Waals surface area (Å²) in [7, 11) is 0. The highest BCUT2D eigenvalue weighted by molar-refractivity contribution is 6.07. The summed E-state index contributed by atoms with van der Waals surface area (Å²) in [5.41, 5.74) is 18.0. The number of primary amides is 1. The Kier molecular flexibility index (Phi) is 4.09. The summed E-state index contributed by atoms with van der Waals surface area (Å²) in [6.07, 6.45) is 3.53. The van der Waals surface area contributed by atoms with E-state index in [9.17, 15) is 4.79 Å². The van der Waals surface area contributed by atoms with Gasteiger partial charge in [-0.25, -0.2) is 0 Å². The number of carbonyl (C=O) groups excluding carboxylic acids is 1. The fourth-order valence-electron chi connectivity index (χ4n) is 4.23. The number of carbonyl (C=O) groups is 1. The zero-order chi connectivity index (χ0) is 22.7. The van der Waals surface area contributed by atoms with Crippen molar-refractivity contribution in [2.24, 2.45) is 5.73 Å². The molecule has 6 N–H and O–H groups in total. The molecule has 1 atom stereocenters. The van der Waals surface area contributed by atoms with Crippen LogP contribution in [-0.4, -0.2) is 38.8 Å². The van der Waals surface area contributed by atoms with Crippen molar-refractivity contribution in [1.29, 1.82) is 0 Å². The molecule has 0 bridgehead atoms. The molecule has 10 nitrogen and oxygen atoms in total. The average Bonchev–Trinajstić information content (AvgIpc) is 3.47. The number of aromatic amines is 1. The molecule has 166 valence electrons. The fraction of sp³-hybridized carbons (Fsp3) is 0.174. The van der Waals surface area contributed by atoms with Crippen molar-refractivity contribution in [3.05, 3.63) is 42.7 Å². The van der Waals surface area contributed by atoms with E-state index in [0.717, 1.165) is 44.7 Å². The third kappa shape index (κ3) is 3.06. The van der Waals surface area contributed by atoms with Crippen LogP contribution in [0.4, 0.5) is 11.7 Å². The summed E-state index contributed by atoms with van der Waals surface area (Å²) in [6.45, 7) is 2.91. The van der Waals surface area contributed by atoms with Gasteiger partial charge in [-0.3, -0.25) is 9.48 Å². The second-order valence-electron chi connectivity index (χ2n) is 8.07. The van der Waals surface area contributed by atoms with Crippen molar-refractivity contribution in [1.82, 2.24) is 19.7 Å². The second kappa shape index (κ2) is 7.02. The highest BCUT2D eigenvalue weighted by Gasteiger charge is 2.22. The van der Waals surface area contributed by atoms with E-state index in [1.54, 1.807) is 17.8 Å². The van der Waals surface area contributed by atoms with E-state index >= 15 is 0 Å². The zero-order valence-electron chi connectivity index (χ0n) is 17.8. The lowest BCUT2D eigenvalue weighted by Gasteiger charge is -2.08. The quantitative estimate of drug-likeness (QED) is 0.333. The number of aromatic nitrogens is 4. The predicted octanol–water partition coefficient (Wildman–Crippen LogP) is 3.27. The van der Waals surface area contributed by atoms with Crippen molar-refractivity contribution < 1.29 is 13.9 Å². The molecule has 4 heterocycles. The van der Waals surface area contributed by atoms with Gasteiger partial charge in [0.05, 0.1) is 28.5 Å². The van der Waals surface area contributed by atoms with Crippen LogP contribution < -0.4 is 21.5 Å². The van der Waals surface area contributed by atoms with Gasteiger partial charge >= 0.3 is 0 Å². The van der Waals surface area contributed by atoms with Crippen molar-refractivity contribution in [2.45, 2.75) is 13.0 Å². The summed E-state index contributed by atoms with van der Waals surface area (Å²) in [4.78, 5) is 19.3. The minimum Gasteiger partial charge on any atom is -0.491 e. The lowest BCUT2D eigenvalue weighted by Crippen LogP contribution is -2.24. The molecular weight excluding hydrogens is 422 g/mol. The molecule has 6 rings (SSSR count). The van der Waals surface area contributed by atoms with Crippen molar-refractivity contribution in [3.63, 3.8) is 0 Å². The number of anilines is 2. The summed E-state index contributed by atoms with van der Waals surface area (Å²) in [6, 6.07) is 9.42. The molecule has 0 aliphatic carbocycles. The minimum atomic E-state index is -0.534. The number of nitrogens with zero attached hydrogens (tertiary/aromatic N) is 3. The predicted molar refractivity (Wildman–Crippen MR) is 125 cm³/mol. The number of nitrogens with one attached hydrogen (secondary N) is 2. The van der Waals surface area contributed by atoms with Gasteiger partial charge < -0.3 is 30.9 Å². The standard InChI is InChI=1S/C23H21N7O3/c1-11(22(24)31)30-10-14(9-27-30)13-7-16-19-18(8-13)32-5-4-26-21(19)20(28-16)12-2-3-17-15(6-12)29-23(25)33-17/h2-3,6-11,26,28H,4-5H2,1H3,(H2,24,31)(H2,25,29)/t11-/m1/s1. The van der Waals surface area contributed by atoms with Gasteiger partial charge in [0.2, 0.25) is 5.91 Å². The first kappa shape index (κ1) is 19.2. The van der Waals surface area contributed by atoms with Crippen LogP contribution in [0.2, 0.25) is 0 Å². The van der Waals surface area contributed by atoms with E-state index in [-0.39, 0.29) is 6.01 Å². The smallest absolute Gasteiger partial charge is 0.292 e. The Morgan fingerprint density at radius 2 is 2.09 bits per heavy atom. The Morgan fingerprint density at radius 1 is 1.21 bits per heavy atom. The van der Waals surface area contributed by atoms with Crippen molar-refractivity contribution >= 4 is 39.6 Å². The lowest BCUT2D eigenvalue weighted by atomic mass is 10.0. The van der Waals surface area contributed by atoms with Gasteiger partial charge in [-0.1, -0.05) is 0 Å². The van der Waals surface area contributed by atoms with Gasteiger partial charge in [0.1, 0.15) is 23.9 Å². The number of benzene rings is 2. The molecule has 0 saturated heterocycles. The second-order valence-corrected chi connectivity index (χ2v) is 8.07. The summed E-state index contributed by atoms with van der Waals surface area (Å²) >= 11 is 0. The fourth-order valence-corrected chi connectivity index (χ4v) is 4.23. The first-order valence-corrected chi connectivity index (χ1v) is 10.5. The Hall–Kier alpha value is -4.47. The van der Waals surface area contributed by atoms with Crippen LogP contribution in [0.15, 0.2) is 47.1 Å². The number of oxazole rings is 1. The first-order chi connectivity index (χ1) is 16.0. The molecule has 3 aromatic heterocycles. The van der Waals surface area contributed by atoms with Crippen molar-refractivity contribution in [3.8, 4) is 28.1 Å². The topological polar surface area (TPSA) is 150 Å². The average molecular weight is 443 g/mol. The Bertz CT molecular complexity index is 1540. The molecule has 0 fully saturated rings. The van der Waals surface area contributed by atoms with Crippen LogP contribution in [0.3, 0.4) is 0 Å². The molecule has 5 aromatic rings. The van der Waals surface area contributed by atoms with E-state index in [0.29, 0.717) is 24.3 Å². The molecule has 1 aliphatic rings. The largest absolute Gasteiger partial charge is 0.491 e. The van der Waals surface area contributed by atoms with Gasteiger partial charge in [0, 0.05) is 23.9 Å². The van der Waals surface area contributed by atoms with E-state index in [2.05, 4.69) is 20.4 Å². The molecule has 10 heteroatoms. The number of hydrogen-bond donors (Lipinski definition) is 4. The highest BCUT2D eigenvalue weighted by atomic mass is 16.5. The Balaban J connectivity index is 1.50. The summed E-state index contributed by atoms with van der Waals surface area (Å²) < 4.78 is 13.0. The minimum absolute atomic E-state index is 0.140. The molecule has 1 amide bonds. The number of nitrogen functional groups attached to an aromatic ring is 1. The molecule has 0 unspecified atom stereocenters. The molecule has 2 aromatic carbocycles. The summed E-state index contributed by atoms with van der Waals surface area (Å²) in [5.74, 6) is 0.332. The molecular formula is C23H21N7O3. The number of rotatable bonds is 4. The van der Waals surface area contributed by atoms with Crippen LogP contribution in [0, 0.1) is 0 Å². The third-order valence-electron chi connectivity index (χ3n) is 5.96. The molecule has 1 aliphatic heterocycles. The maximum atomic E-state index is 11.5. The number of H-pyrrole nitrogens is 1. The van der Waals surface area contributed by atoms with Crippen LogP contribution in [0.5, 0.6) is 5.75 Å². The Labute approximate surface area is 187 Å². The maximum Gasteiger partial charge on any atom is 0.292 e. The van der Waals surface area contributed by atoms with E-state index in [4.69, 9.17) is 20.6 Å². The van der Waals surface area contributed by atoms with Gasteiger partial charge in [-0.15, -0.1) is 0 Å².